The minimum absolute atomic E-state index is 0.442. The summed E-state index contributed by atoms with van der Waals surface area (Å²) in [6.07, 6.45) is 0. The molecule has 1 aromatic heterocycles. The average molecular weight is 227 g/mol. The molecule has 4 heteroatoms. The Bertz CT molecular complexity index is 558. The molecule has 1 amide bonds. The highest BCUT2D eigenvalue weighted by Gasteiger charge is 2.11. The molecule has 2 N–H and O–H groups in total. The first-order chi connectivity index (χ1) is 8.08. The highest BCUT2D eigenvalue weighted by Crippen LogP contribution is 2.20. The van der Waals surface area contributed by atoms with Crippen LogP contribution in [0.4, 0.5) is 0 Å². The number of carbonyl (C=O) groups excluding carboxylic acids is 1. The molecule has 0 atom stereocenters. The van der Waals surface area contributed by atoms with Gasteiger partial charge in [-0.2, -0.15) is 0 Å². The van der Waals surface area contributed by atoms with E-state index in [9.17, 15) is 4.79 Å². The molecule has 2 aromatic rings. The number of rotatable bonds is 2. The number of amides is 1. The third-order valence-electron chi connectivity index (χ3n) is 2.42. The molecule has 4 nitrogen and oxygen atoms in total. The quantitative estimate of drug-likeness (QED) is 0.851. The molecule has 0 fully saturated rings. The van der Waals surface area contributed by atoms with Gasteiger partial charge in [0.1, 0.15) is 0 Å². The summed E-state index contributed by atoms with van der Waals surface area (Å²) >= 11 is 0. The monoisotopic (exact) mass is 227 g/mol. The SMILES string of the molecule is Cc1cc(C)nc(-c2ccccc2C(N)=O)n1. The largest absolute Gasteiger partial charge is 0.366 e. The standard InChI is InChI=1S/C13H13N3O/c1-8-7-9(2)16-13(15-8)11-6-4-3-5-10(11)12(14)17/h3-7H,1-2H3,(H2,14,17). The Hall–Kier alpha value is -2.23. The molecule has 0 saturated carbocycles. The Labute approximate surface area is 99.5 Å². The van der Waals surface area contributed by atoms with Gasteiger partial charge in [-0.05, 0) is 26.0 Å². The summed E-state index contributed by atoms with van der Waals surface area (Å²) in [5.41, 5.74) is 8.18. The van der Waals surface area contributed by atoms with E-state index in [0.717, 1.165) is 11.4 Å². The summed E-state index contributed by atoms with van der Waals surface area (Å²) in [6, 6.07) is 8.97. The highest BCUT2D eigenvalue weighted by atomic mass is 16.1. The van der Waals surface area contributed by atoms with E-state index in [0.29, 0.717) is 17.0 Å². The van der Waals surface area contributed by atoms with Gasteiger partial charge in [0.05, 0.1) is 5.56 Å². The Morgan fingerprint density at radius 2 is 1.71 bits per heavy atom. The lowest BCUT2D eigenvalue weighted by molar-refractivity contribution is 0.100. The molecule has 17 heavy (non-hydrogen) atoms. The molecule has 0 radical (unpaired) electrons. The van der Waals surface area contributed by atoms with Crippen molar-refractivity contribution < 1.29 is 4.79 Å². The van der Waals surface area contributed by atoms with E-state index in [1.165, 1.54) is 0 Å². The van der Waals surface area contributed by atoms with Gasteiger partial charge in [0.2, 0.25) is 5.91 Å². The number of hydrogen-bond acceptors (Lipinski definition) is 3. The third-order valence-corrected chi connectivity index (χ3v) is 2.42. The van der Waals surface area contributed by atoms with Gasteiger partial charge < -0.3 is 5.73 Å². The number of benzene rings is 1. The minimum Gasteiger partial charge on any atom is -0.366 e. The second kappa shape index (κ2) is 4.33. The van der Waals surface area contributed by atoms with E-state index >= 15 is 0 Å². The van der Waals surface area contributed by atoms with Gasteiger partial charge in [-0.15, -0.1) is 0 Å². The van der Waals surface area contributed by atoms with Crippen molar-refractivity contribution in [3.8, 4) is 11.4 Å². The Balaban J connectivity index is 2.64. The highest BCUT2D eigenvalue weighted by molar-refractivity contribution is 5.98. The summed E-state index contributed by atoms with van der Waals surface area (Å²) < 4.78 is 0. The van der Waals surface area contributed by atoms with Crippen molar-refractivity contribution in [3.63, 3.8) is 0 Å². The number of aryl methyl sites for hydroxylation is 2. The van der Waals surface area contributed by atoms with Crippen molar-refractivity contribution >= 4 is 5.91 Å². The molecular weight excluding hydrogens is 214 g/mol. The first kappa shape index (κ1) is 11.3. The van der Waals surface area contributed by atoms with Crippen LogP contribution in [0.25, 0.3) is 11.4 Å². The van der Waals surface area contributed by atoms with Crippen LogP contribution in [0.1, 0.15) is 21.7 Å². The summed E-state index contributed by atoms with van der Waals surface area (Å²) in [6.45, 7) is 3.79. The maximum Gasteiger partial charge on any atom is 0.249 e. The molecule has 0 spiro atoms. The number of primary amides is 1. The zero-order valence-corrected chi connectivity index (χ0v) is 9.77. The second-order valence-corrected chi connectivity index (χ2v) is 3.88. The first-order valence-corrected chi connectivity index (χ1v) is 5.29. The molecule has 0 aliphatic rings. The van der Waals surface area contributed by atoms with Crippen molar-refractivity contribution in [1.29, 1.82) is 0 Å². The lowest BCUT2D eigenvalue weighted by Gasteiger charge is -2.06. The maximum atomic E-state index is 11.3. The number of aromatic nitrogens is 2. The van der Waals surface area contributed by atoms with Gasteiger partial charge in [-0.1, -0.05) is 18.2 Å². The van der Waals surface area contributed by atoms with Crippen molar-refractivity contribution in [1.82, 2.24) is 9.97 Å². The fraction of sp³-hybridized carbons (Fsp3) is 0.154. The van der Waals surface area contributed by atoms with Crippen LogP contribution in [0, 0.1) is 13.8 Å². The Kier molecular flexibility index (Phi) is 2.87. The molecule has 0 saturated heterocycles. The Morgan fingerprint density at radius 3 is 2.29 bits per heavy atom. The fourth-order valence-electron chi connectivity index (χ4n) is 1.74. The normalized spacial score (nSPS) is 10.2. The fourth-order valence-corrected chi connectivity index (χ4v) is 1.74. The Morgan fingerprint density at radius 1 is 1.12 bits per heavy atom. The lowest BCUT2D eigenvalue weighted by atomic mass is 10.1. The zero-order valence-electron chi connectivity index (χ0n) is 9.77. The molecule has 0 aliphatic heterocycles. The van der Waals surface area contributed by atoms with Crippen LogP contribution in [-0.2, 0) is 0 Å². The van der Waals surface area contributed by atoms with Crippen LogP contribution in [0.5, 0.6) is 0 Å². The van der Waals surface area contributed by atoms with Gasteiger partial charge in [0, 0.05) is 17.0 Å². The van der Waals surface area contributed by atoms with Crippen LogP contribution >= 0.6 is 0 Å². The zero-order chi connectivity index (χ0) is 12.4. The predicted octanol–water partition coefficient (Wildman–Crippen LogP) is 1.86. The van der Waals surface area contributed by atoms with Gasteiger partial charge >= 0.3 is 0 Å². The van der Waals surface area contributed by atoms with E-state index in [1.807, 2.05) is 26.0 Å². The van der Waals surface area contributed by atoms with E-state index in [1.54, 1.807) is 18.2 Å². The average Bonchev–Trinajstić information content (AvgIpc) is 2.27. The van der Waals surface area contributed by atoms with Crippen LogP contribution in [0.3, 0.4) is 0 Å². The van der Waals surface area contributed by atoms with Crippen molar-refractivity contribution in [2.24, 2.45) is 5.73 Å². The number of nitrogens with two attached hydrogens (primary N) is 1. The van der Waals surface area contributed by atoms with Gasteiger partial charge in [-0.25, -0.2) is 9.97 Å². The summed E-state index contributed by atoms with van der Waals surface area (Å²) in [5, 5.41) is 0. The number of hydrogen-bond donors (Lipinski definition) is 1. The minimum atomic E-state index is -0.469. The summed E-state index contributed by atoms with van der Waals surface area (Å²) in [5.74, 6) is 0.0697. The molecular formula is C13H13N3O. The van der Waals surface area contributed by atoms with E-state index in [4.69, 9.17) is 5.73 Å². The van der Waals surface area contributed by atoms with E-state index in [2.05, 4.69) is 9.97 Å². The third kappa shape index (κ3) is 2.30. The maximum absolute atomic E-state index is 11.3. The van der Waals surface area contributed by atoms with Crippen LogP contribution < -0.4 is 5.73 Å². The smallest absolute Gasteiger partial charge is 0.249 e. The van der Waals surface area contributed by atoms with Crippen LogP contribution in [-0.4, -0.2) is 15.9 Å². The first-order valence-electron chi connectivity index (χ1n) is 5.29. The predicted molar refractivity (Wildman–Crippen MR) is 65.5 cm³/mol. The molecule has 1 aromatic carbocycles. The molecule has 86 valence electrons. The summed E-state index contributed by atoms with van der Waals surface area (Å²) in [7, 11) is 0. The molecule has 0 bridgehead atoms. The van der Waals surface area contributed by atoms with Crippen molar-refractivity contribution in [2.45, 2.75) is 13.8 Å². The van der Waals surface area contributed by atoms with Crippen LogP contribution in [0.15, 0.2) is 30.3 Å². The van der Waals surface area contributed by atoms with Crippen LogP contribution in [0.2, 0.25) is 0 Å². The molecule has 0 aliphatic carbocycles. The van der Waals surface area contributed by atoms with E-state index in [-0.39, 0.29) is 0 Å². The van der Waals surface area contributed by atoms with Gasteiger partial charge in [-0.3, -0.25) is 4.79 Å². The molecule has 1 heterocycles. The van der Waals surface area contributed by atoms with Crippen molar-refractivity contribution in [2.75, 3.05) is 0 Å². The van der Waals surface area contributed by atoms with Crippen molar-refractivity contribution in [3.05, 3.63) is 47.3 Å². The molecule has 2 rings (SSSR count). The van der Waals surface area contributed by atoms with Gasteiger partial charge in [0.25, 0.3) is 0 Å². The number of nitrogens with zero attached hydrogens (tertiary/aromatic N) is 2. The van der Waals surface area contributed by atoms with E-state index < -0.39 is 5.91 Å². The lowest BCUT2D eigenvalue weighted by Crippen LogP contribution is -2.13. The van der Waals surface area contributed by atoms with Gasteiger partial charge in [0.15, 0.2) is 5.82 Å². The molecule has 0 unspecified atom stereocenters. The topological polar surface area (TPSA) is 68.9 Å². The summed E-state index contributed by atoms with van der Waals surface area (Å²) in [4.78, 5) is 20.0. The second-order valence-electron chi connectivity index (χ2n) is 3.88. The number of carbonyl (C=O) groups is 1.